The van der Waals surface area contributed by atoms with Gasteiger partial charge in [-0.2, -0.15) is 0 Å². The van der Waals surface area contributed by atoms with Crippen LogP contribution in [0.3, 0.4) is 0 Å². The SMILES string of the molecule is O=C([O-])C(=O)[O-].[Sc+3]. The number of hydrogen-bond acceptors (Lipinski definition) is 4. The zero-order valence-electron chi connectivity index (χ0n) is 3.21. The molecule has 0 unspecified atom stereocenters. The minimum atomic E-state index is -2.19. The van der Waals surface area contributed by atoms with Gasteiger partial charge in [-0.15, -0.1) is 0 Å². The minimum absolute atomic E-state index is 0. The topological polar surface area (TPSA) is 80.3 Å². The number of aliphatic carboxylic acids is 2. The Bertz CT molecular complexity index is 75.7. The van der Waals surface area contributed by atoms with Crippen molar-refractivity contribution in [3.05, 3.63) is 0 Å². The third kappa shape index (κ3) is 5.81. The van der Waals surface area contributed by atoms with Crippen molar-refractivity contribution in [1.29, 1.82) is 0 Å². The molecule has 0 aromatic rings. The number of carboxylic acid groups (broad SMARTS) is 2. The zero-order valence-corrected chi connectivity index (χ0v) is 5.01. The summed E-state index contributed by atoms with van der Waals surface area (Å²) >= 11 is 0. The Morgan fingerprint density at radius 1 is 1.00 bits per heavy atom. The summed E-state index contributed by atoms with van der Waals surface area (Å²) in [5.74, 6) is -4.37. The molecule has 0 spiro atoms. The van der Waals surface area contributed by atoms with Gasteiger partial charge in [0.05, 0.1) is 11.9 Å². The third-order valence-electron chi connectivity index (χ3n) is 0.167. The molecule has 0 N–H and O–H groups in total. The summed E-state index contributed by atoms with van der Waals surface area (Å²) in [6.45, 7) is 0. The summed E-state index contributed by atoms with van der Waals surface area (Å²) < 4.78 is 0. The van der Waals surface area contributed by atoms with E-state index in [4.69, 9.17) is 19.8 Å². The smallest absolute Gasteiger partial charge is 0.543 e. The van der Waals surface area contributed by atoms with E-state index in [-0.39, 0.29) is 25.8 Å². The van der Waals surface area contributed by atoms with E-state index in [9.17, 15) is 0 Å². The quantitative estimate of drug-likeness (QED) is 0.321. The molecule has 0 atom stereocenters. The van der Waals surface area contributed by atoms with Gasteiger partial charge in [-0.25, -0.2) is 0 Å². The van der Waals surface area contributed by atoms with Gasteiger partial charge in [0.15, 0.2) is 0 Å². The number of carboxylic acids is 2. The molecule has 0 aromatic heterocycles. The molecule has 0 rings (SSSR count). The minimum Gasteiger partial charge on any atom is -0.543 e. The Morgan fingerprint density at radius 2 is 1.14 bits per heavy atom. The molecule has 0 fully saturated rings. The maximum Gasteiger partial charge on any atom is 3.00 e. The molecule has 0 heterocycles. The molecule has 0 aliphatic carbocycles. The standard InChI is InChI=1S/C2H2O4.Sc/c3-1(4)2(5)6;/h(H,3,4)(H,5,6);/q;+3/p-2. The Hall–Kier alpha value is -0.190. The van der Waals surface area contributed by atoms with Crippen molar-refractivity contribution in [3.8, 4) is 0 Å². The molecule has 34 valence electrons. The van der Waals surface area contributed by atoms with E-state index >= 15 is 0 Å². The number of hydrogen-bond donors (Lipinski definition) is 0. The first kappa shape index (κ1) is 9.94. The van der Waals surface area contributed by atoms with Crippen molar-refractivity contribution in [1.82, 2.24) is 0 Å². The predicted molar refractivity (Wildman–Crippen MR) is 10.0 cm³/mol. The van der Waals surface area contributed by atoms with Crippen LogP contribution >= 0.6 is 0 Å². The summed E-state index contributed by atoms with van der Waals surface area (Å²) in [4.78, 5) is 17.9. The van der Waals surface area contributed by atoms with Crippen LogP contribution in [0.4, 0.5) is 0 Å². The molecular weight excluding hydrogens is 133 g/mol. The molecule has 0 saturated heterocycles. The second-order valence-corrected chi connectivity index (χ2v) is 0.575. The molecule has 0 aromatic carbocycles. The average Bonchev–Trinajstić information content (AvgIpc) is 1.36. The largest absolute Gasteiger partial charge is 3.00 e. The van der Waals surface area contributed by atoms with Gasteiger partial charge in [-0.1, -0.05) is 0 Å². The van der Waals surface area contributed by atoms with Gasteiger partial charge in [0.25, 0.3) is 0 Å². The second kappa shape index (κ2) is 3.98. The van der Waals surface area contributed by atoms with Gasteiger partial charge in [-0.3, -0.25) is 0 Å². The Morgan fingerprint density at radius 3 is 1.14 bits per heavy atom. The number of rotatable bonds is 0. The molecule has 0 bridgehead atoms. The molecule has 4 nitrogen and oxygen atoms in total. The van der Waals surface area contributed by atoms with Crippen molar-refractivity contribution in [2.75, 3.05) is 0 Å². The van der Waals surface area contributed by atoms with E-state index < -0.39 is 11.9 Å². The van der Waals surface area contributed by atoms with E-state index in [2.05, 4.69) is 0 Å². The molecule has 0 amide bonds. The van der Waals surface area contributed by atoms with E-state index in [0.717, 1.165) is 0 Å². The summed E-state index contributed by atoms with van der Waals surface area (Å²) in [5.41, 5.74) is 0. The van der Waals surface area contributed by atoms with Crippen LogP contribution < -0.4 is 10.2 Å². The number of carbonyl (C=O) groups excluding carboxylic acids is 2. The van der Waals surface area contributed by atoms with Crippen LogP contribution in [0.5, 0.6) is 0 Å². The van der Waals surface area contributed by atoms with E-state index in [0.29, 0.717) is 0 Å². The summed E-state index contributed by atoms with van der Waals surface area (Å²) in [6.07, 6.45) is 0. The zero-order chi connectivity index (χ0) is 5.15. The van der Waals surface area contributed by atoms with E-state index in [1.165, 1.54) is 0 Å². The van der Waals surface area contributed by atoms with Gasteiger partial charge < -0.3 is 19.8 Å². The summed E-state index contributed by atoms with van der Waals surface area (Å²) in [6, 6.07) is 0. The van der Waals surface area contributed by atoms with Crippen molar-refractivity contribution in [3.63, 3.8) is 0 Å². The van der Waals surface area contributed by atoms with E-state index in [1.807, 2.05) is 0 Å². The van der Waals surface area contributed by atoms with Crippen molar-refractivity contribution in [2.45, 2.75) is 0 Å². The maximum absolute atomic E-state index is 8.93. The second-order valence-electron chi connectivity index (χ2n) is 0.575. The summed E-state index contributed by atoms with van der Waals surface area (Å²) in [7, 11) is 0. The maximum atomic E-state index is 8.93. The fraction of sp³-hybridized carbons (Fsp3) is 0. The predicted octanol–water partition coefficient (Wildman–Crippen LogP) is -3.52. The van der Waals surface area contributed by atoms with Gasteiger partial charge >= 0.3 is 25.8 Å². The van der Waals surface area contributed by atoms with Gasteiger partial charge in [0, 0.05) is 0 Å². The van der Waals surface area contributed by atoms with Crippen LogP contribution in [0, 0.1) is 0 Å². The first-order valence-electron chi connectivity index (χ1n) is 1.07. The van der Waals surface area contributed by atoms with Crippen LogP contribution in [-0.2, 0) is 35.4 Å². The van der Waals surface area contributed by atoms with Crippen LogP contribution in [-0.4, -0.2) is 11.9 Å². The van der Waals surface area contributed by atoms with Gasteiger partial charge in [-0.05, 0) is 0 Å². The van der Waals surface area contributed by atoms with Crippen molar-refractivity contribution >= 4 is 11.9 Å². The monoisotopic (exact) mass is 133 g/mol. The molecule has 0 aliphatic rings. The Labute approximate surface area is 57.9 Å². The number of carbonyl (C=O) groups is 2. The van der Waals surface area contributed by atoms with Crippen LogP contribution in [0.25, 0.3) is 0 Å². The molecule has 7 heavy (non-hydrogen) atoms. The fourth-order valence-electron chi connectivity index (χ4n) is 0. The van der Waals surface area contributed by atoms with E-state index in [1.54, 1.807) is 0 Å². The van der Waals surface area contributed by atoms with Crippen molar-refractivity contribution in [2.24, 2.45) is 0 Å². The third-order valence-corrected chi connectivity index (χ3v) is 0.167. The average molecular weight is 133 g/mol. The normalized spacial score (nSPS) is 6.29. The van der Waals surface area contributed by atoms with Gasteiger partial charge in [0.2, 0.25) is 0 Å². The van der Waals surface area contributed by atoms with Crippen LogP contribution in [0.1, 0.15) is 0 Å². The van der Waals surface area contributed by atoms with Gasteiger partial charge in [0.1, 0.15) is 0 Å². The summed E-state index contributed by atoms with van der Waals surface area (Å²) in [5, 5.41) is 17.9. The molecule has 0 saturated carbocycles. The molecular formula is C2O4Sc+. The first-order chi connectivity index (χ1) is 2.64. The molecule has 0 aliphatic heterocycles. The van der Waals surface area contributed by atoms with Crippen LogP contribution in [0.15, 0.2) is 0 Å². The first-order valence-corrected chi connectivity index (χ1v) is 1.07. The fourth-order valence-corrected chi connectivity index (χ4v) is 0. The Balaban J connectivity index is 0. The Kier molecular flexibility index (Phi) is 5.65. The molecule has 0 radical (unpaired) electrons. The van der Waals surface area contributed by atoms with Crippen molar-refractivity contribution < 1.29 is 45.6 Å². The molecule has 5 heteroatoms. The van der Waals surface area contributed by atoms with Crippen LogP contribution in [0.2, 0.25) is 0 Å².